The first kappa shape index (κ1) is 13.1. The number of hydrogen-bond donors (Lipinski definition) is 2. The molecule has 0 fully saturated rings. The summed E-state index contributed by atoms with van der Waals surface area (Å²) >= 11 is 0. The van der Waals surface area contributed by atoms with Crippen molar-refractivity contribution in [1.82, 2.24) is 4.98 Å². The molecule has 0 radical (unpaired) electrons. The molecule has 7 heteroatoms. The van der Waals surface area contributed by atoms with Crippen molar-refractivity contribution in [2.24, 2.45) is 0 Å². The van der Waals surface area contributed by atoms with Crippen molar-refractivity contribution in [3.05, 3.63) is 27.7 Å². The normalized spacial score (nSPS) is 10.6. The van der Waals surface area contributed by atoms with Crippen LogP contribution in [0.25, 0.3) is 0 Å². The van der Waals surface area contributed by atoms with Crippen LogP contribution in [0.4, 0.5) is 14.5 Å². The molecule has 0 atom stereocenters. The third-order valence-corrected chi connectivity index (χ3v) is 2.03. The highest BCUT2D eigenvalue weighted by atomic mass is 19.3. The number of carbonyl (C=O) groups is 1. The lowest BCUT2D eigenvalue weighted by Gasteiger charge is -2.08. The summed E-state index contributed by atoms with van der Waals surface area (Å²) in [5.74, 6) is -0.638. The number of esters is 1. The number of nitrogens with two attached hydrogens (primary N) is 1. The number of aromatic nitrogens is 1. The lowest BCUT2D eigenvalue weighted by molar-refractivity contribution is -0.142. The Labute approximate surface area is 95.6 Å². The van der Waals surface area contributed by atoms with Gasteiger partial charge in [0.05, 0.1) is 30.1 Å². The van der Waals surface area contributed by atoms with Crippen LogP contribution in [-0.2, 0) is 16.0 Å². The average Bonchev–Trinajstić information content (AvgIpc) is 2.24. The second kappa shape index (κ2) is 5.42. The predicted octanol–water partition coefficient (Wildman–Crippen LogP) is 1.00. The molecule has 1 aromatic heterocycles. The van der Waals surface area contributed by atoms with Crippen LogP contribution in [0.3, 0.4) is 0 Å². The average molecular weight is 246 g/mol. The van der Waals surface area contributed by atoms with Gasteiger partial charge in [-0.1, -0.05) is 0 Å². The molecular formula is C10H12F2N2O3. The molecule has 0 spiro atoms. The Morgan fingerprint density at radius 2 is 2.24 bits per heavy atom. The minimum Gasteiger partial charge on any atom is -0.466 e. The van der Waals surface area contributed by atoms with Crippen LogP contribution in [0.5, 0.6) is 0 Å². The fourth-order valence-corrected chi connectivity index (χ4v) is 1.26. The molecular weight excluding hydrogens is 234 g/mol. The topological polar surface area (TPSA) is 85.2 Å². The summed E-state index contributed by atoms with van der Waals surface area (Å²) in [6.45, 7) is 1.77. The first-order chi connectivity index (χ1) is 7.95. The molecule has 5 nitrogen and oxygen atoms in total. The third kappa shape index (κ3) is 3.27. The smallest absolute Gasteiger partial charge is 0.311 e. The van der Waals surface area contributed by atoms with Gasteiger partial charge in [-0.3, -0.25) is 9.59 Å². The van der Waals surface area contributed by atoms with Crippen molar-refractivity contribution in [2.45, 2.75) is 19.8 Å². The number of nitrogen functional groups attached to an aromatic ring is 1. The standard InChI is InChI=1S/C10H12F2N2O3/c1-2-17-8(16)4-5-9(13)7(15)3-6(14-5)10(11)12/h3,10H,2,4,13H2,1H3,(H,14,15). The number of pyridine rings is 1. The zero-order valence-electron chi connectivity index (χ0n) is 9.13. The summed E-state index contributed by atoms with van der Waals surface area (Å²) in [4.78, 5) is 24.7. The van der Waals surface area contributed by atoms with Gasteiger partial charge in [-0.05, 0) is 6.92 Å². The van der Waals surface area contributed by atoms with Crippen molar-refractivity contribution < 1.29 is 18.3 Å². The van der Waals surface area contributed by atoms with Gasteiger partial charge in [0.15, 0.2) is 0 Å². The number of alkyl halides is 2. The molecule has 0 aliphatic heterocycles. The number of H-pyrrole nitrogens is 1. The summed E-state index contributed by atoms with van der Waals surface area (Å²) in [5.41, 5.74) is 3.80. The van der Waals surface area contributed by atoms with Gasteiger partial charge in [-0.15, -0.1) is 0 Å². The van der Waals surface area contributed by atoms with Gasteiger partial charge < -0.3 is 15.5 Å². The molecule has 17 heavy (non-hydrogen) atoms. The highest BCUT2D eigenvalue weighted by molar-refractivity contribution is 5.73. The molecule has 0 aromatic carbocycles. The number of rotatable bonds is 4. The van der Waals surface area contributed by atoms with E-state index in [0.29, 0.717) is 6.07 Å². The molecule has 0 aliphatic rings. The summed E-state index contributed by atoms with van der Waals surface area (Å²) < 4.78 is 29.5. The van der Waals surface area contributed by atoms with Gasteiger partial charge in [0.2, 0.25) is 5.43 Å². The Balaban J connectivity index is 3.06. The van der Waals surface area contributed by atoms with E-state index in [1.807, 2.05) is 0 Å². The van der Waals surface area contributed by atoms with Crippen LogP contribution in [0, 0.1) is 0 Å². The summed E-state index contributed by atoms with van der Waals surface area (Å²) in [5, 5.41) is 0. The highest BCUT2D eigenvalue weighted by Gasteiger charge is 2.15. The van der Waals surface area contributed by atoms with E-state index in [-0.39, 0.29) is 24.4 Å². The Kier molecular flexibility index (Phi) is 4.19. The van der Waals surface area contributed by atoms with Gasteiger partial charge in [0.1, 0.15) is 0 Å². The van der Waals surface area contributed by atoms with E-state index in [9.17, 15) is 18.4 Å². The van der Waals surface area contributed by atoms with Crippen molar-refractivity contribution in [3.63, 3.8) is 0 Å². The number of aromatic amines is 1. The van der Waals surface area contributed by atoms with E-state index in [0.717, 1.165) is 0 Å². The lowest BCUT2D eigenvalue weighted by Crippen LogP contribution is -2.18. The van der Waals surface area contributed by atoms with Crippen molar-refractivity contribution in [1.29, 1.82) is 0 Å². The van der Waals surface area contributed by atoms with Crippen LogP contribution in [0.2, 0.25) is 0 Å². The maximum Gasteiger partial charge on any atom is 0.311 e. The van der Waals surface area contributed by atoms with Crippen LogP contribution in [0.15, 0.2) is 10.9 Å². The van der Waals surface area contributed by atoms with E-state index in [1.54, 1.807) is 6.92 Å². The van der Waals surface area contributed by atoms with Crippen molar-refractivity contribution >= 4 is 11.7 Å². The molecule has 3 N–H and O–H groups in total. The highest BCUT2D eigenvalue weighted by Crippen LogP contribution is 2.17. The van der Waals surface area contributed by atoms with E-state index in [4.69, 9.17) is 5.73 Å². The molecule has 0 saturated heterocycles. The Hall–Kier alpha value is -1.92. The number of carbonyl (C=O) groups excluding carboxylic acids is 1. The van der Waals surface area contributed by atoms with Gasteiger partial charge >= 0.3 is 5.97 Å². The summed E-state index contributed by atoms with van der Waals surface area (Å²) in [7, 11) is 0. The molecule has 0 bridgehead atoms. The number of hydrogen-bond acceptors (Lipinski definition) is 4. The van der Waals surface area contributed by atoms with Crippen LogP contribution in [0.1, 0.15) is 24.7 Å². The quantitative estimate of drug-likeness (QED) is 0.776. The lowest BCUT2D eigenvalue weighted by atomic mass is 10.2. The Morgan fingerprint density at radius 1 is 1.59 bits per heavy atom. The fraction of sp³-hybridized carbons (Fsp3) is 0.400. The number of halogens is 2. The monoisotopic (exact) mass is 246 g/mol. The SMILES string of the molecule is CCOC(=O)Cc1[nH]c(C(F)F)cc(=O)c1N. The first-order valence-corrected chi connectivity index (χ1v) is 4.91. The second-order valence-electron chi connectivity index (χ2n) is 3.26. The molecule has 1 aromatic rings. The molecule has 0 aliphatic carbocycles. The minimum absolute atomic E-state index is 0.0498. The van der Waals surface area contributed by atoms with Gasteiger partial charge in [0, 0.05) is 6.07 Å². The Morgan fingerprint density at radius 3 is 2.76 bits per heavy atom. The summed E-state index contributed by atoms with van der Waals surface area (Å²) in [6.07, 6.45) is -3.17. The van der Waals surface area contributed by atoms with E-state index in [2.05, 4.69) is 9.72 Å². The zero-order valence-corrected chi connectivity index (χ0v) is 9.13. The second-order valence-corrected chi connectivity index (χ2v) is 3.26. The number of anilines is 1. The molecule has 0 unspecified atom stereocenters. The van der Waals surface area contributed by atoms with Crippen LogP contribution < -0.4 is 11.2 Å². The first-order valence-electron chi connectivity index (χ1n) is 4.91. The van der Waals surface area contributed by atoms with Crippen LogP contribution >= 0.6 is 0 Å². The maximum absolute atomic E-state index is 12.4. The maximum atomic E-state index is 12.4. The van der Waals surface area contributed by atoms with Crippen LogP contribution in [-0.4, -0.2) is 17.6 Å². The minimum atomic E-state index is -2.83. The van der Waals surface area contributed by atoms with Gasteiger partial charge in [-0.25, -0.2) is 8.78 Å². The number of ether oxygens (including phenoxy) is 1. The fourth-order valence-electron chi connectivity index (χ4n) is 1.26. The van der Waals surface area contributed by atoms with E-state index in [1.165, 1.54) is 0 Å². The molecule has 0 amide bonds. The molecule has 1 heterocycles. The van der Waals surface area contributed by atoms with E-state index >= 15 is 0 Å². The Bertz CT molecular complexity index is 471. The van der Waals surface area contributed by atoms with Gasteiger partial charge in [-0.2, -0.15) is 0 Å². The molecule has 0 saturated carbocycles. The predicted molar refractivity (Wildman–Crippen MR) is 56.8 cm³/mol. The summed E-state index contributed by atoms with van der Waals surface area (Å²) in [6, 6.07) is 0.717. The number of nitrogens with one attached hydrogen (secondary N) is 1. The van der Waals surface area contributed by atoms with E-state index < -0.39 is 23.5 Å². The zero-order chi connectivity index (χ0) is 13.0. The van der Waals surface area contributed by atoms with Crippen molar-refractivity contribution in [2.75, 3.05) is 12.3 Å². The largest absolute Gasteiger partial charge is 0.466 e. The molecule has 1 rings (SSSR count). The van der Waals surface area contributed by atoms with Crippen molar-refractivity contribution in [3.8, 4) is 0 Å². The molecule has 94 valence electrons. The van der Waals surface area contributed by atoms with Gasteiger partial charge in [0.25, 0.3) is 6.43 Å². The third-order valence-electron chi connectivity index (χ3n) is 2.03.